The first kappa shape index (κ1) is 15.8. The second-order valence-electron chi connectivity index (χ2n) is 3.43. The molecular weight excluding hydrogens is 334 g/mol. The summed E-state index contributed by atoms with van der Waals surface area (Å²) in [4.78, 5) is 20.9. The van der Waals surface area contributed by atoms with Gasteiger partial charge >= 0.3 is 6.03 Å². The summed E-state index contributed by atoms with van der Waals surface area (Å²) in [5, 5.41) is 14.0. The number of urea groups is 1. The molecule has 9 heteroatoms. The lowest BCUT2D eigenvalue weighted by molar-refractivity contribution is -0.307. The molecule has 20 heavy (non-hydrogen) atoms. The number of nitrogens with zero attached hydrogens (tertiary/aromatic N) is 1. The lowest BCUT2D eigenvalue weighted by Crippen LogP contribution is -2.29. The van der Waals surface area contributed by atoms with Gasteiger partial charge in [0, 0.05) is 0 Å². The van der Waals surface area contributed by atoms with Crippen LogP contribution in [0.5, 0.6) is 11.5 Å². The van der Waals surface area contributed by atoms with E-state index in [4.69, 9.17) is 15.2 Å². The van der Waals surface area contributed by atoms with Crippen molar-refractivity contribution in [1.82, 2.24) is 5.43 Å². The Kier molecular flexibility index (Phi) is 5.78. The van der Waals surface area contributed by atoms with Crippen LogP contribution in [0.2, 0.25) is 0 Å². The number of benzene rings is 1. The third-order valence-corrected chi connectivity index (χ3v) is 2.56. The van der Waals surface area contributed by atoms with Crippen molar-refractivity contribution in [3.63, 3.8) is 0 Å². The molecule has 0 aliphatic heterocycles. The molecule has 0 fully saturated rings. The molecule has 2 amide bonds. The van der Waals surface area contributed by atoms with Gasteiger partial charge in [-0.1, -0.05) is 0 Å². The highest BCUT2D eigenvalue weighted by molar-refractivity contribution is 9.10. The number of amides is 2. The van der Waals surface area contributed by atoms with E-state index in [1.165, 1.54) is 13.3 Å². The summed E-state index contributed by atoms with van der Waals surface area (Å²) >= 11 is 3.22. The molecule has 0 aliphatic carbocycles. The SMILES string of the molecule is COc1cc(/C=N\NC(N)=O)cc(Br)c1OCC(=O)[O-]. The van der Waals surface area contributed by atoms with Gasteiger partial charge in [0.15, 0.2) is 11.5 Å². The third-order valence-electron chi connectivity index (χ3n) is 1.97. The summed E-state index contributed by atoms with van der Waals surface area (Å²) in [7, 11) is 1.40. The summed E-state index contributed by atoms with van der Waals surface area (Å²) in [6.45, 7) is -0.606. The standard InChI is InChI=1S/C11H12BrN3O5/c1-19-8-3-6(4-14-15-11(13)18)2-7(12)10(8)20-5-9(16)17/h2-4H,5H2,1H3,(H,16,17)(H3,13,15,18)/p-1/b14-4-. The summed E-state index contributed by atoms with van der Waals surface area (Å²) in [5.74, 6) is -0.840. The van der Waals surface area contributed by atoms with Crippen LogP contribution in [0.25, 0.3) is 0 Å². The van der Waals surface area contributed by atoms with Gasteiger partial charge in [-0.15, -0.1) is 0 Å². The predicted octanol–water partition coefficient (Wildman–Crippen LogP) is -0.411. The number of hydrogen-bond donors (Lipinski definition) is 2. The molecule has 0 unspecified atom stereocenters. The van der Waals surface area contributed by atoms with Gasteiger partial charge in [-0.3, -0.25) is 0 Å². The molecule has 1 aromatic rings. The molecule has 3 N–H and O–H groups in total. The number of ether oxygens (including phenoxy) is 2. The number of nitrogens with two attached hydrogens (primary N) is 1. The molecule has 0 atom stereocenters. The first-order chi connectivity index (χ1) is 9.43. The number of carboxylic acid groups (broad SMARTS) is 1. The topological polar surface area (TPSA) is 126 Å². The maximum atomic E-state index is 10.5. The van der Waals surface area contributed by atoms with Crippen LogP contribution in [0.3, 0.4) is 0 Å². The zero-order valence-electron chi connectivity index (χ0n) is 10.4. The lowest BCUT2D eigenvalue weighted by atomic mass is 10.2. The number of aliphatic carboxylic acids is 1. The van der Waals surface area contributed by atoms with E-state index >= 15 is 0 Å². The lowest BCUT2D eigenvalue weighted by Gasteiger charge is -2.13. The Labute approximate surface area is 122 Å². The summed E-state index contributed by atoms with van der Waals surface area (Å²) < 4.78 is 10.6. The Morgan fingerprint density at radius 1 is 1.55 bits per heavy atom. The van der Waals surface area contributed by atoms with Crippen molar-refractivity contribution in [3.8, 4) is 11.5 Å². The van der Waals surface area contributed by atoms with Gasteiger partial charge in [0.1, 0.15) is 6.61 Å². The molecule has 0 bridgehead atoms. The number of methoxy groups -OCH3 is 1. The fraction of sp³-hybridized carbons (Fsp3) is 0.182. The minimum absolute atomic E-state index is 0.219. The molecule has 1 rings (SSSR count). The number of nitrogens with one attached hydrogen (secondary N) is 1. The summed E-state index contributed by atoms with van der Waals surface area (Å²) in [6, 6.07) is 2.35. The number of carbonyl (C=O) groups is 2. The van der Waals surface area contributed by atoms with Gasteiger partial charge in [-0.2, -0.15) is 5.10 Å². The first-order valence-electron chi connectivity index (χ1n) is 5.22. The minimum Gasteiger partial charge on any atom is -0.546 e. The Morgan fingerprint density at radius 3 is 2.80 bits per heavy atom. The molecule has 108 valence electrons. The average Bonchev–Trinajstić information content (AvgIpc) is 2.36. The molecule has 0 saturated heterocycles. The van der Waals surface area contributed by atoms with Crippen molar-refractivity contribution in [3.05, 3.63) is 22.2 Å². The normalized spacial score (nSPS) is 10.3. The number of halogens is 1. The van der Waals surface area contributed by atoms with Crippen LogP contribution in [0.1, 0.15) is 5.56 Å². The van der Waals surface area contributed by atoms with Gasteiger partial charge in [-0.05, 0) is 33.6 Å². The third kappa shape index (κ3) is 4.76. The number of rotatable bonds is 6. The van der Waals surface area contributed by atoms with Gasteiger partial charge in [0.2, 0.25) is 0 Å². The Bertz CT molecular complexity index is 547. The van der Waals surface area contributed by atoms with Crippen LogP contribution in [0, 0.1) is 0 Å². The molecule has 0 radical (unpaired) electrons. The number of carbonyl (C=O) groups excluding carboxylic acids is 2. The number of primary amides is 1. The zero-order valence-corrected chi connectivity index (χ0v) is 12.0. The highest BCUT2D eigenvalue weighted by atomic mass is 79.9. The van der Waals surface area contributed by atoms with E-state index in [0.717, 1.165) is 0 Å². The van der Waals surface area contributed by atoms with Crippen molar-refractivity contribution in [2.75, 3.05) is 13.7 Å². The fourth-order valence-corrected chi connectivity index (χ4v) is 1.83. The van der Waals surface area contributed by atoms with Crippen molar-refractivity contribution in [1.29, 1.82) is 0 Å². The smallest absolute Gasteiger partial charge is 0.332 e. The second kappa shape index (κ2) is 7.34. The maximum absolute atomic E-state index is 10.5. The average molecular weight is 345 g/mol. The molecule has 0 heterocycles. The molecular formula is C11H11BrN3O5-. The van der Waals surface area contributed by atoms with Crippen LogP contribution in [-0.4, -0.2) is 31.9 Å². The predicted molar refractivity (Wildman–Crippen MR) is 71.5 cm³/mol. The molecule has 0 aliphatic rings. The largest absolute Gasteiger partial charge is 0.546 e. The molecule has 1 aromatic carbocycles. The maximum Gasteiger partial charge on any atom is 0.332 e. The Balaban J connectivity index is 2.97. The Hall–Kier alpha value is -2.29. The van der Waals surface area contributed by atoms with Crippen LogP contribution in [-0.2, 0) is 4.79 Å². The van der Waals surface area contributed by atoms with Crippen molar-refractivity contribution in [2.45, 2.75) is 0 Å². The summed E-state index contributed by atoms with van der Waals surface area (Å²) in [6.07, 6.45) is 1.33. The summed E-state index contributed by atoms with van der Waals surface area (Å²) in [5.41, 5.74) is 7.47. The van der Waals surface area contributed by atoms with E-state index in [1.807, 2.05) is 5.43 Å². The van der Waals surface area contributed by atoms with Gasteiger partial charge in [0.05, 0.1) is 23.8 Å². The van der Waals surface area contributed by atoms with E-state index < -0.39 is 18.6 Å². The van der Waals surface area contributed by atoms with Crippen molar-refractivity contribution < 1.29 is 24.2 Å². The quantitative estimate of drug-likeness (QED) is 0.535. The first-order valence-corrected chi connectivity index (χ1v) is 6.02. The van der Waals surface area contributed by atoms with Crippen LogP contribution in [0.4, 0.5) is 4.79 Å². The highest BCUT2D eigenvalue weighted by Crippen LogP contribution is 2.36. The van der Waals surface area contributed by atoms with Gasteiger partial charge in [0.25, 0.3) is 0 Å². The van der Waals surface area contributed by atoms with E-state index in [9.17, 15) is 14.7 Å². The van der Waals surface area contributed by atoms with Crippen LogP contribution in [0.15, 0.2) is 21.7 Å². The van der Waals surface area contributed by atoms with Gasteiger partial charge < -0.3 is 25.1 Å². The fourth-order valence-electron chi connectivity index (χ4n) is 1.26. The Morgan fingerprint density at radius 2 is 2.25 bits per heavy atom. The molecule has 0 aromatic heterocycles. The number of hydrogen-bond acceptors (Lipinski definition) is 6. The number of hydrazone groups is 1. The van der Waals surface area contributed by atoms with E-state index in [2.05, 4.69) is 21.0 Å². The zero-order chi connectivity index (χ0) is 15.1. The van der Waals surface area contributed by atoms with E-state index in [0.29, 0.717) is 15.8 Å². The highest BCUT2D eigenvalue weighted by Gasteiger charge is 2.11. The van der Waals surface area contributed by atoms with Crippen LogP contribution < -0.4 is 25.7 Å². The van der Waals surface area contributed by atoms with Crippen molar-refractivity contribution >= 4 is 34.1 Å². The number of carboxylic acids is 1. The van der Waals surface area contributed by atoms with Crippen molar-refractivity contribution in [2.24, 2.45) is 10.8 Å². The van der Waals surface area contributed by atoms with Crippen LogP contribution >= 0.6 is 15.9 Å². The minimum atomic E-state index is -1.35. The second-order valence-corrected chi connectivity index (χ2v) is 4.28. The molecule has 0 spiro atoms. The van der Waals surface area contributed by atoms with E-state index in [1.54, 1.807) is 12.1 Å². The monoisotopic (exact) mass is 344 g/mol. The van der Waals surface area contributed by atoms with E-state index in [-0.39, 0.29) is 5.75 Å². The molecule has 8 nitrogen and oxygen atoms in total. The molecule has 0 saturated carbocycles. The van der Waals surface area contributed by atoms with Gasteiger partial charge in [-0.25, -0.2) is 10.2 Å².